The lowest BCUT2D eigenvalue weighted by Gasteiger charge is -1.98. The molecule has 21 heavy (non-hydrogen) atoms. The zero-order valence-corrected chi connectivity index (χ0v) is 12.1. The number of nitrogens with one attached hydrogen (secondary N) is 1. The quantitative estimate of drug-likeness (QED) is 0.523. The molecule has 1 amide bonds. The minimum atomic E-state index is -0.512. The number of nitro groups is 1. The standard InChI is InChI=1S/C14H13N3O3S/c1-2-12-7-8-13(21-12)9-15-16-14(18)10-3-5-11(6-4-10)17(19)20/h3-9H,2H2,1H3,(H,16,18)/b15-9-. The van der Waals surface area contributed by atoms with Crippen molar-refractivity contribution in [3.05, 3.63) is 61.8 Å². The second kappa shape index (κ2) is 6.76. The average Bonchev–Trinajstić information content (AvgIpc) is 2.95. The lowest BCUT2D eigenvalue weighted by molar-refractivity contribution is -0.384. The fourth-order valence-corrected chi connectivity index (χ4v) is 2.43. The molecule has 0 bridgehead atoms. The largest absolute Gasteiger partial charge is 0.271 e. The summed E-state index contributed by atoms with van der Waals surface area (Å²) in [6.45, 7) is 2.07. The van der Waals surface area contributed by atoms with E-state index in [-0.39, 0.29) is 5.69 Å². The predicted octanol–water partition coefficient (Wildman–Crippen LogP) is 2.98. The maximum atomic E-state index is 11.8. The van der Waals surface area contributed by atoms with Crippen molar-refractivity contribution in [2.24, 2.45) is 5.10 Å². The summed E-state index contributed by atoms with van der Waals surface area (Å²) in [5, 5.41) is 14.4. The van der Waals surface area contributed by atoms with E-state index in [2.05, 4.69) is 17.5 Å². The third kappa shape index (κ3) is 3.96. The highest BCUT2D eigenvalue weighted by Gasteiger charge is 2.08. The number of non-ortho nitro benzene ring substituents is 1. The summed E-state index contributed by atoms with van der Waals surface area (Å²) in [5.74, 6) is -0.409. The van der Waals surface area contributed by atoms with Gasteiger partial charge in [0, 0.05) is 27.5 Å². The highest BCUT2D eigenvalue weighted by molar-refractivity contribution is 7.13. The van der Waals surface area contributed by atoms with Gasteiger partial charge in [-0.2, -0.15) is 5.10 Å². The topological polar surface area (TPSA) is 84.6 Å². The van der Waals surface area contributed by atoms with E-state index in [0.717, 1.165) is 11.3 Å². The summed E-state index contributed by atoms with van der Waals surface area (Å²) in [4.78, 5) is 24.0. The number of hydrogen-bond donors (Lipinski definition) is 1. The van der Waals surface area contributed by atoms with E-state index in [4.69, 9.17) is 0 Å². The molecule has 1 aromatic heterocycles. The maximum absolute atomic E-state index is 11.8. The van der Waals surface area contributed by atoms with E-state index in [1.165, 1.54) is 29.1 Å². The molecule has 1 heterocycles. The molecule has 0 aliphatic carbocycles. The van der Waals surface area contributed by atoms with Gasteiger partial charge in [-0.15, -0.1) is 11.3 Å². The molecule has 0 saturated heterocycles. The Balaban J connectivity index is 1.96. The number of thiophene rings is 1. The molecular weight excluding hydrogens is 290 g/mol. The van der Waals surface area contributed by atoms with Crippen LogP contribution in [0.1, 0.15) is 27.0 Å². The Kier molecular flexibility index (Phi) is 4.78. The molecular formula is C14H13N3O3S. The smallest absolute Gasteiger partial charge is 0.267 e. The summed E-state index contributed by atoms with van der Waals surface area (Å²) >= 11 is 1.61. The maximum Gasteiger partial charge on any atom is 0.271 e. The van der Waals surface area contributed by atoms with Crippen molar-refractivity contribution in [2.45, 2.75) is 13.3 Å². The van der Waals surface area contributed by atoms with E-state index in [0.29, 0.717) is 5.56 Å². The van der Waals surface area contributed by atoms with Crippen molar-refractivity contribution in [2.75, 3.05) is 0 Å². The van der Waals surface area contributed by atoms with Crippen LogP contribution in [0.5, 0.6) is 0 Å². The molecule has 0 saturated carbocycles. The fourth-order valence-electron chi connectivity index (χ4n) is 1.61. The molecule has 0 atom stereocenters. The summed E-state index contributed by atoms with van der Waals surface area (Å²) in [5.41, 5.74) is 2.65. The first kappa shape index (κ1) is 14.9. The van der Waals surface area contributed by atoms with Crippen LogP contribution in [0, 0.1) is 10.1 Å². The van der Waals surface area contributed by atoms with E-state index in [1.54, 1.807) is 17.6 Å². The number of hydrogen-bond acceptors (Lipinski definition) is 5. The highest BCUT2D eigenvalue weighted by atomic mass is 32.1. The highest BCUT2D eigenvalue weighted by Crippen LogP contribution is 2.15. The second-order valence-corrected chi connectivity index (χ2v) is 5.36. The Morgan fingerprint density at radius 1 is 1.33 bits per heavy atom. The van der Waals surface area contributed by atoms with Crippen LogP contribution in [-0.4, -0.2) is 17.0 Å². The van der Waals surface area contributed by atoms with E-state index in [9.17, 15) is 14.9 Å². The van der Waals surface area contributed by atoms with Gasteiger partial charge in [-0.3, -0.25) is 14.9 Å². The van der Waals surface area contributed by atoms with Gasteiger partial charge in [0.1, 0.15) is 0 Å². The molecule has 0 aliphatic rings. The van der Waals surface area contributed by atoms with Crippen molar-refractivity contribution in [3.63, 3.8) is 0 Å². The van der Waals surface area contributed by atoms with Gasteiger partial charge in [-0.05, 0) is 30.7 Å². The van der Waals surface area contributed by atoms with Gasteiger partial charge in [0.25, 0.3) is 11.6 Å². The zero-order valence-electron chi connectivity index (χ0n) is 11.3. The zero-order chi connectivity index (χ0) is 15.2. The number of hydrazone groups is 1. The van der Waals surface area contributed by atoms with E-state index < -0.39 is 10.8 Å². The van der Waals surface area contributed by atoms with Gasteiger partial charge in [0.05, 0.1) is 11.1 Å². The number of benzene rings is 1. The van der Waals surface area contributed by atoms with Crippen LogP contribution in [0.4, 0.5) is 5.69 Å². The Labute approximate surface area is 125 Å². The van der Waals surface area contributed by atoms with Crippen molar-refractivity contribution in [3.8, 4) is 0 Å². The Hall–Kier alpha value is -2.54. The number of nitrogens with zero attached hydrogens (tertiary/aromatic N) is 2. The monoisotopic (exact) mass is 303 g/mol. The number of rotatable bonds is 5. The van der Waals surface area contributed by atoms with Gasteiger partial charge in [-0.25, -0.2) is 5.43 Å². The first-order valence-corrected chi connectivity index (χ1v) is 7.08. The lowest BCUT2D eigenvalue weighted by Crippen LogP contribution is -2.17. The molecule has 0 radical (unpaired) electrons. The molecule has 2 rings (SSSR count). The molecule has 1 N–H and O–H groups in total. The number of nitro benzene ring substituents is 1. The number of carbonyl (C=O) groups excluding carboxylic acids is 1. The van der Waals surface area contributed by atoms with Gasteiger partial charge in [0.2, 0.25) is 0 Å². The first-order valence-electron chi connectivity index (χ1n) is 6.26. The Morgan fingerprint density at radius 2 is 2.05 bits per heavy atom. The second-order valence-electron chi connectivity index (χ2n) is 4.16. The summed E-state index contributed by atoms with van der Waals surface area (Å²) in [7, 11) is 0. The first-order chi connectivity index (χ1) is 10.1. The van der Waals surface area contributed by atoms with Crippen LogP contribution in [0.3, 0.4) is 0 Å². The summed E-state index contributed by atoms with van der Waals surface area (Å²) in [6.07, 6.45) is 2.54. The van der Waals surface area contributed by atoms with Crippen LogP contribution in [0.15, 0.2) is 41.5 Å². The Bertz CT molecular complexity index is 677. The van der Waals surface area contributed by atoms with Gasteiger partial charge in [-0.1, -0.05) is 6.92 Å². The molecule has 6 nitrogen and oxygen atoms in total. The van der Waals surface area contributed by atoms with Crippen LogP contribution in [0.2, 0.25) is 0 Å². The van der Waals surface area contributed by atoms with E-state index in [1.807, 2.05) is 12.1 Å². The third-order valence-corrected chi connectivity index (χ3v) is 3.89. The minimum Gasteiger partial charge on any atom is -0.267 e. The van der Waals surface area contributed by atoms with Gasteiger partial charge in [0.15, 0.2) is 0 Å². The Morgan fingerprint density at radius 3 is 2.62 bits per heavy atom. The van der Waals surface area contributed by atoms with Crippen LogP contribution in [0.25, 0.3) is 0 Å². The van der Waals surface area contributed by atoms with Crippen LogP contribution in [-0.2, 0) is 6.42 Å². The average molecular weight is 303 g/mol. The molecule has 1 aromatic carbocycles. The minimum absolute atomic E-state index is 0.0549. The summed E-state index contributed by atoms with van der Waals surface area (Å²) < 4.78 is 0. The molecule has 0 unspecified atom stereocenters. The molecule has 108 valence electrons. The van der Waals surface area contributed by atoms with Gasteiger partial charge >= 0.3 is 0 Å². The predicted molar refractivity (Wildman–Crippen MR) is 81.9 cm³/mol. The van der Waals surface area contributed by atoms with Crippen molar-refractivity contribution < 1.29 is 9.72 Å². The molecule has 0 aliphatic heterocycles. The SMILES string of the molecule is CCc1ccc(/C=N\NC(=O)c2ccc([N+](=O)[O-])cc2)s1. The molecule has 0 spiro atoms. The normalized spacial score (nSPS) is 10.7. The lowest BCUT2D eigenvalue weighted by atomic mass is 10.2. The van der Waals surface area contributed by atoms with Crippen molar-refractivity contribution >= 4 is 29.1 Å². The van der Waals surface area contributed by atoms with Gasteiger partial charge < -0.3 is 0 Å². The fraction of sp³-hybridized carbons (Fsp3) is 0.143. The van der Waals surface area contributed by atoms with Crippen molar-refractivity contribution in [1.29, 1.82) is 0 Å². The van der Waals surface area contributed by atoms with Crippen LogP contribution < -0.4 is 5.43 Å². The number of aryl methyl sites for hydroxylation is 1. The number of amides is 1. The summed E-state index contributed by atoms with van der Waals surface area (Å²) in [6, 6.07) is 9.30. The van der Waals surface area contributed by atoms with E-state index >= 15 is 0 Å². The molecule has 2 aromatic rings. The molecule has 7 heteroatoms. The third-order valence-electron chi connectivity index (χ3n) is 2.73. The van der Waals surface area contributed by atoms with Crippen molar-refractivity contribution in [1.82, 2.24) is 5.43 Å². The number of carbonyl (C=O) groups is 1. The molecule has 0 fully saturated rings. The van der Waals surface area contributed by atoms with Crippen LogP contribution >= 0.6 is 11.3 Å².